The summed E-state index contributed by atoms with van der Waals surface area (Å²) in [6.45, 7) is 9.44. The molecule has 0 rings (SSSR count). The topological polar surface area (TPSA) is 0 Å². The molecule has 23 heavy (non-hydrogen) atoms. The van der Waals surface area contributed by atoms with Crippen molar-refractivity contribution in [3.8, 4) is 0 Å². The number of hydrogen-bond donors (Lipinski definition) is 0. The quantitative estimate of drug-likeness (QED) is 0.184. The molecule has 2 radical (unpaired) electrons. The van der Waals surface area contributed by atoms with Crippen molar-refractivity contribution < 1.29 is 0 Å². The molecule has 0 atom stereocenters. The van der Waals surface area contributed by atoms with Gasteiger partial charge in [0, 0.05) is 0 Å². The highest BCUT2D eigenvalue weighted by molar-refractivity contribution is 7.75. The molecule has 0 bridgehead atoms. The van der Waals surface area contributed by atoms with Gasteiger partial charge in [0.2, 0.25) is 0 Å². The Morgan fingerprint density at radius 1 is 0.609 bits per heavy atom. The Balaban J connectivity index is 4.97. The molecular formula is C20H43BP2. The van der Waals surface area contributed by atoms with Crippen LogP contribution in [-0.2, 0) is 0 Å². The zero-order valence-electron chi connectivity index (χ0n) is 16.7. The third-order valence-corrected chi connectivity index (χ3v) is 12.4. The summed E-state index contributed by atoms with van der Waals surface area (Å²) in [7, 11) is 6.40. The van der Waals surface area contributed by atoms with Crippen molar-refractivity contribution in [3.05, 3.63) is 0 Å². The van der Waals surface area contributed by atoms with Gasteiger partial charge in [0.25, 0.3) is 0 Å². The second-order valence-electron chi connectivity index (χ2n) is 6.90. The molecule has 0 heterocycles. The maximum Gasteiger partial charge on any atom is 0.0653 e. The van der Waals surface area contributed by atoms with Gasteiger partial charge in [0.05, 0.1) is 7.85 Å². The van der Waals surface area contributed by atoms with E-state index in [1.54, 1.807) is 0 Å². The normalized spacial score (nSPS) is 12.0. The molecule has 0 aromatic carbocycles. The van der Waals surface area contributed by atoms with Crippen molar-refractivity contribution in [2.75, 3.05) is 24.6 Å². The van der Waals surface area contributed by atoms with E-state index in [0.717, 1.165) is 11.7 Å². The van der Waals surface area contributed by atoms with E-state index in [0.29, 0.717) is 0 Å². The van der Waals surface area contributed by atoms with E-state index in [2.05, 4.69) is 27.7 Å². The Bertz CT molecular complexity index is 200. The summed E-state index contributed by atoms with van der Waals surface area (Å²) in [4.78, 5) is 0. The molecule has 0 aliphatic rings. The van der Waals surface area contributed by atoms with Crippen LogP contribution in [0.15, 0.2) is 0 Å². The van der Waals surface area contributed by atoms with Crippen molar-refractivity contribution in [1.82, 2.24) is 0 Å². The molecular weight excluding hydrogens is 313 g/mol. The molecule has 0 aliphatic carbocycles. The van der Waals surface area contributed by atoms with Crippen LogP contribution in [0.25, 0.3) is 0 Å². The summed E-state index contributed by atoms with van der Waals surface area (Å²) < 4.78 is 0. The van der Waals surface area contributed by atoms with Crippen molar-refractivity contribution in [1.29, 1.82) is 0 Å². The molecule has 0 saturated carbocycles. The Morgan fingerprint density at radius 3 is 1.22 bits per heavy atom. The van der Waals surface area contributed by atoms with Gasteiger partial charge in [-0.05, 0) is 62.2 Å². The highest BCUT2D eigenvalue weighted by atomic mass is 31.2. The van der Waals surface area contributed by atoms with E-state index < -0.39 is 0 Å². The average molecular weight is 356 g/mol. The van der Waals surface area contributed by atoms with Crippen LogP contribution in [0.1, 0.15) is 91.9 Å². The first-order valence-electron chi connectivity index (χ1n) is 10.4. The van der Waals surface area contributed by atoms with Crippen LogP contribution in [0, 0.1) is 0 Å². The summed E-state index contributed by atoms with van der Waals surface area (Å²) >= 11 is 0. The second kappa shape index (κ2) is 17.7. The summed E-state index contributed by atoms with van der Waals surface area (Å²) in [5.41, 5.74) is 0. The van der Waals surface area contributed by atoms with Gasteiger partial charge in [-0.3, -0.25) is 0 Å². The largest absolute Gasteiger partial charge is 0.0991 e. The molecule has 0 nitrogen and oxygen atoms in total. The molecule has 0 aromatic rings. The molecule has 0 spiro atoms. The minimum atomic E-state index is 0.253. The van der Waals surface area contributed by atoms with Gasteiger partial charge in [0.15, 0.2) is 0 Å². The van der Waals surface area contributed by atoms with E-state index in [1.807, 2.05) is 0 Å². The lowest BCUT2D eigenvalue weighted by molar-refractivity contribution is 0.811. The van der Waals surface area contributed by atoms with E-state index in [9.17, 15) is 0 Å². The monoisotopic (exact) mass is 356 g/mol. The molecule has 0 N–H and O–H groups in total. The maximum atomic E-state index is 5.89. The van der Waals surface area contributed by atoms with Gasteiger partial charge in [0.1, 0.15) is 0 Å². The van der Waals surface area contributed by atoms with E-state index in [4.69, 9.17) is 7.85 Å². The predicted molar refractivity (Wildman–Crippen MR) is 117 cm³/mol. The van der Waals surface area contributed by atoms with Crippen LogP contribution >= 0.6 is 15.8 Å². The Morgan fingerprint density at radius 2 is 0.957 bits per heavy atom. The molecule has 0 amide bonds. The fraction of sp³-hybridized carbons (Fsp3) is 1.00. The lowest BCUT2D eigenvalue weighted by Crippen LogP contribution is -2.13. The minimum absolute atomic E-state index is 0.253. The predicted octanol–water partition coefficient (Wildman–Crippen LogP) is 7.84. The third kappa shape index (κ3) is 12.0. The zero-order chi connectivity index (χ0) is 17.3. The fourth-order valence-electron chi connectivity index (χ4n) is 3.16. The molecule has 0 saturated heterocycles. The van der Waals surface area contributed by atoms with Gasteiger partial charge in [-0.1, -0.05) is 82.0 Å². The number of hydrogen-bond acceptors (Lipinski definition) is 0. The van der Waals surface area contributed by atoms with Crippen molar-refractivity contribution in [2.45, 2.75) is 104 Å². The molecule has 3 heteroatoms. The highest BCUT2D eigenvalue weighted by Crippen LogP contribution is 2.61. The lowest BCUT2D eigenvalue weighted by atomic mass is 10.0. The summed E-state index contributed by atoms with van der Waals surface area (Å²) in [5.74, 6) is 0. The molecule has 136 valence electrons. The Labute approximate surface area is 152 Å². The van der Waals surface area contributed by atoms with Crippen LogP contribution in [0.4, 0.5) is 0 Å². The molecule has 0 unspecified atom stereocenters. The standard InChI is InChI=1S/C20H43BP2/c1-5-9-16-22(17-10-6-2)20(14-13-15-21)23(18-11-7-3)19-12-8-4/h20H,5-19H2,1-4H3. The van der Waals surface area contributed by atoms with E-state index in [-0.39, 0.29) is 15.8 Å². The first-order chi connectivity index (χ1) is 11.2. The first kappa shape index (κ1) is 23.9. The minimum Gasteiger partial charge on any atom is -0.0991 e. The Kier molecular flexibility index (Phi) is 18.5. The van der Waals surface area contributed by atoms with Gasteiger partial charge >= 0.3 is 0 Å². The molecule has 0 fully saturated rings. The first-order valence-corrected chi connectivity index (χ1v) is 14.0. The molecule has 0 aromatic heterocycles. The van der Waals surface area contributed by atoms with Crippen LogP contribution in [-0.4, -0.2) is 37.9 Å². The van der Waals surface area contributed by atoms with Crippen LogP contribution in [0.2, 0.25) is 6.32 Å². The summed E-state index contributed by atoms with van der Waals surface area (Å²) in [6.07, 6.45) is 21.1. The average Bonchev–Trinajstić information content (AvgIpc) is 2.57. The van der Waals surface area contributed by atoms with Gasteiger partial charge in [-0.25, -0.2) is 0 Å². The van der Waals surface area contributed by atoms with Crippen LogP contribution < -0.4 is 0 Å². The number of rotatable bonds is 17. The Hall–Kier alpha value is 0.925. The van der Waals surface area contributed by atoms with Gasteiger partial charge in [-0.2, -0.15) is 0 Å². The van der Waals surface area contributed by atoms with Crippen molar-refractivity contribution in [2.24, 2.45) is 0 Å². The van der Waals surface area contributed by atoms with Crippen LogP contribution in [0.5, 0.6) is 0 Å². The molecule has 0 aliphatic heterocycles. The number of unbranched alkanes of at least 4 members (excludes halogenated alkanes) is 4. The van der Waals surface area contributed by atoms with E-state index in [1.165, 1.54) is 88.9 Å². The van der Waals surface area contributed by atoms with Gasteiger partial charge < -0.3 is 0 Å². The maximum absolute atomic E-state index is 5.89. The lowest BCUT2D eigenvalue weighted by Gasteiger charge is -2.36. The third-order valence-electron chi connectivity index (χ3n) is 4.70. The van der Waals surface area contributed by atoms with Crippen LogP contribution in [0.3, 0.4) is 0 Å². The van der Waals surface area contributed by atoms with E-state index >= 15 is 0 Å². The second-order valence-corrected chi connectivity index (χ2v) is 12.7. The van der Waals surface area contributed by atoms with Gasteiger partial charge in [-0.15, -0.1) is 0 Å². The zero-order valence-corrected chi connectivity index (χ0v) is 18.4. The van der Waals surface area contributed by atoms with Crippen molar-refractivity contribution in [3.63, 3.8) is 0 Å². The van der Waals surface area contributed by atoms with Crippen molar-refractivity contribution >= 4 is 23.7 Å². The summed E-state index contributed by atoms with van der Waals surface area (Å²) in [5, 5.41) is 1.07. The smallest absolute Gasteiger partial charge is 0.0653 e. The fourth-order valence-corrected chi connectivity index (χ4v) is 12.0. The highest BCUT2D eigenvalue weighted by Gasteiger charge is 2.26. The SMILES string of the molecule is [B]CCCC(P(CCCC)CCCC)P(CCCC)CCCC. The summed E-state index contributed by atoms with van der Waals surface area (Å²) in [6, 6.07) is 0.